The lowest BCUT2D eigenvalue weighted by atomic mass is 10.00. The normalized spacial score (nSPS) is 12.9. The molecule has 1 aromatic carbocycles. The van der Waals surface area contributed by atoms with Crippen molar-refractivity contribution in [2.45, 2.75) is 17.7 Å². The fraction of sp³-hybridized carbons (Fsp3) is 0.333. The zero-order chi connectivity index (χ0) is 13.4. The van der Waals surface area contributed by atoms with Gasteiger partial charge in [0.15, 0.2) is 0 Å². The van der Waals surface area contributed by atoms with Crippen molar-refractivity contribution in [2.75, 3.05) is 5.73 Å². The van der Waals surface area contributed by atoms with E-state index >= 15 is 0 Å². The van der Waals surface area contributed by atoms with Crippen LogP contribution in [0.3, 0.4) is 0 Å². The predicted octanol–water partition coefficient (Wildman–Crippen LogP) is 4.20. The van der Waals surface area contributed by atoms with Crippen molar-refractivity contribution in [2.24, 2.45) is 0 Å². The van der Waals surface area contributed by atoms with Crippen LogP contribution in [0, 0.1) is 0 Å². The van der Waals surface area contributed by atoms with Crippen LogP contribution in [0.15, 0.2) is 12.1 Å². The summed E-state index contributed by atoms with van der Waals surface area (Å²) in [7, 11) is 0. The van der Waals surface area contributed by atoms with Gasteiger partial charge in [-0.3, -0.25) is 0 Å². The van der Waals surface area contributed by atoms with Crippen molar-refractivity contribution in [1.29, 1.82) is 0 Å². The summed E-state index contributed by atoms with van der Waals surface area (Å²) in [5.41, 5.74) is 0.795. The second kappa shape index (κ2) is 4.40. The molecule has 8 heteroatoms. The highest BCUT2D eigenvalue weighted by Crippen LogP contribution is 2.43. The minimum absolute atomic E-state index is 0.287. The van der Waals surface area contributed by atoms with E-state index in [1.54, 1.807) is 0 Å². The van der Waals surface area contributed by atoms with Gasteiger partial charge in [0, 0.05) is 11.0 Å². The molecule has 0 aliphatic carbocycles. The molecular formula is C9H6BrF6N. The summed E-state index contributed by atoms with van der Waals surface area (Å²) in [4.78, 5) is 0. The first-order chi connectivity index (χ1) is 7.57. The summed E-state index contributed by atoms with van der Waals surface area (Å²) >= 11 is 2.71. The van der Waals surface area contributed by atoms with Crippen molar-refractivity contribution in [1.82, 2.24) is 0 Å². The molecule has 17 heavy (non-hydrogen) atoms. The molecule has 0 bridgehead atoms. The number of anilines is 1. The van der Waals surface area contributed by atoms with Gasteiger partial charge in [-0.2, -0.15) is 26.3 Å². The molecule has 1 rings (SSSR count). The van der Waals surface area contributed by atoms with E-state index in [0.29, 0.717) is 0 Å². The van der Waals surface area contributed by atoms with Gasteiger partial charge in [-0.05, 0) is 17.7 Å². The zero-order valence-corrected chi connectivity index (χ0v) is 9.67. The van der Waals surface area contributed by atoms with Gasteiger partial charge in [0.2, 0.25) is 0 Å². The highest BCUT2D eigenvalue weighted by molar-refractivity contribution is 9.08. The molecule has 1 aromatic rings. The van der Waals surface area contributed by atoms with Gasteiger partial charge in [-0.25, -0.2) is 0 Å². The van der Waals surface area contributed by atoms with Crippen molar-refractivity contribution in [3.8, 4) is 0 Å². The Balaban J connectivity index is 3.63. The van der Waals surface area contributed by atoms with Crippen LogP contribution in [-0.4, -0.2) is 0 Å². The lowest BCUT2D eigenvalue weighted by molar-refractivity contribution is -0.162. The molecule has 0 aliphatic rings. The summed E-state index contributed by atoms with van der Waals surface area (Å²) in [6.45, 7) is 0. The fourth-order valence-corrected chi connectivity index (χ4v) is 1.83. The molecule has 0 radical (unpaired) electrons. The molecule has 0 amide bonds. The smallest absolute Gasteiger partial charge is 0.399 e. The third-order valence-corrected chi connectivity index (χ3v) is 2.58. The van der Waals surface area contributed by atoms with Gasteiger partial charge in [0.05, 0.1) is 11.1 Å². The lowest BCUT2D eigenvalue weighted by Gasteiger charge is -2.19. The molecule has 1 nitrogen and oxygen atoms in total. The van der Waals surface area contributed by atoms with Crippen LogP contribution in [-0.2, 0) is 17.7 Å². The van der Waals surface area contributed by atoms with Crippen LogP contribution in [0.4, 0.5) is 32.0 Å². The summed E-state index contributed by atoms with van der Waals surface area (Å²) in [5.74, 6) is 0. The average Bonchev–Trinajstić information content (AvgIpc) is 2.12. The first-order valence-electron chi connectivity index (χ1n) is 4.20. The van der Waals surface area contributed by atoms with E-state index in [0.717, 1.165) is 6.07 Å². The van der Waals surface area contributed by atoms with Crippen LogP contribution < -0.4 is 5.73 Å². The molecule has 0 atom stereocenters. The zero-order valence-electron chi connectivity index (χ0n) is 8.08. The number of nitrogens with two attached hydrogens (primary N) is 1. The van der Waals surface area contributed by atoms with E-state index < -0.39 is 29.0 Å². The molecule has 0 fully saturated rings. The Morgan fingerprint density at radius 1 is 1.00 bits per heavy atom. The number of benzene rings is 1. The number of rotatable bonds is 1. The fourth-order valence-electron chi connectivity index (χ4n) is 1.39. The van der Waals surface area contributed by atoms with Crippen molar-refractivity contribution < 1.29 is 26.3 Å². The maximum atomic E-state index is 12.6. The quantitative estimate of drug-likeness (QED) is 0.468. The highest BCUT2D eigenvalue weighted by Gasteiger charge is 2.44. The second-order valence-corrected chi connectivity index (χ2v) is 3.79. The molecule has 0 saturated carbocycles. The minimum atomic E-state index is -5.10. The van der Waals surface area contributed by atoms with E-state index in [1.807, 2.05) is 0 Å². The molecule has 0 aliphatic heterocycles. The number of halogens is 7. The molecule has 0 spiro atoms. The largest absolute Gasteiger partial charge is 0.417 e. The lowest BCUT2D eigenvalue weighted by Crippen LogP contribution is -2.19. The molecule has 0 unspecified atom stereocenters. The van der Waals surface area contributed by atoms with Gasteiger partial charge >= 0.3 is 12.4 Å². The van der Waals surface area contributed by atoms with E-state index in [2.05, 4.69) is 15.9 Å². The van der Waals surface area contributed by atoms with Crippen molar-refractivity contribution >= 4 is 21.6 Å². The highest BCUT2D eigenvalue weighted by atomic mass is 79.9. The van der Waals surface area contributed by atoms with E-state index in [-0.39, 0.29) is 17.1 Å². The molecule has 0 aromatic heterocycles. The van der Waals surface area contributed by atoms with Gasteiger partial charge in [0.1, 0.15) is 0 Å². The van der Waals surface area contributed by atoms with Gasteiger partial charge in [0.25, 0.3) is 0 Å². The molecule has 0 heterocycles. The summed E-state index contributed by atoms with van der Waals surface area (Å²) in [6, 6.07) is 1.15. The van der Waals surface area contributed by atoms with Crippen LogP contribution in [0.1, 0.15) is 16.7 Å². The van der Waals surface area contributed by atoms with Crippen LogP contribution >= 0.6 is 15.9 Å². The standard InChI is InChI=1S/C9H6BrF6N/c10-3-4-1-5(17)2-6(8(11,12)13)7(4)9(14,15)16/h1-2H,3,17H2. The van der Waals surface area contributed by atoms with Gasteiger partial charge in [-0.15, -0.1) is 0 Å². The van der Waals surface area contributed by atoms with Crippen molar-refractivity contribution in [3.63, 3.8) is 0 Å². The Morgan fingerprint density at radius 2 is 1.53 bits per heavy atom. The average molecular weight is 322 g/mol. The number of hydrogen-bond acceptors (Lipinski definition) is 1. The Hall–Kier alpha value is -0.920. The SMILES string of the molecule is Nc1cc(CBr)c(C(F)(F)F)c(C(F)(F)F)c1. The van der Waals surface area contributed by atoms with E-state index in [9.17, 15) is 26.3 Å². The molecule has 96 valence electrons. The van der Waals surface area contributed by atoms with Gasteiger partial charge < -0.3 is 5.73 Å². The third kappa shape index (κ3) is 3.05. The molecular weight excluding hydrogens is 316 g/mol. The first kappa shape index (κ1) is 14.1. The number of alkyl halides is 7. The Kier molecular flexibility index (Phi) is 3.66. The predicted molar refractivity (Wildman–Crippen MR) is 53.5 cm³/mol. The van der Waals surface area contributed by atoms with E-state index in [4.69, 9.17) is 5.73 Å². The topological polar surface area (TPSA) is 26.0 Å². The minimum Gasteiger partial charge on any atom is -0.399 e. The Bertz CT molecular complexity index is 423. The van der Waals surface area contributed by atoms with Crippen LogP contribution in [0.25, 0.3) is 0 Å². The maximum Gasteiger partial charge on any atom is 0.417 e. The number of hydrogen-bond donors (Lipinski definition) is 1. The summed E-state index contributed by atoms with van der Waals surface area (Å²) in [6.07, 6.45) is -10.2. The third-order valence-electron chi connectivity index (χ3n) is 1.98. The van der Waals surface area contributed by atoms with Crippen LogP contribution in [0.5, 0.6) is 0 Å². The van der Waals surface area contributed by atoms with E-state index in [1.165, 1.54) is 0 Å². The van der Waals surface area contributed by atoms with Crippen LogP contribution in [0.2, 0.25) is 0 Å². The first-order valence-corrected chi connectivity index (χ1v) is 5.32. The maximum absolute atomic E-state index is 12.6. The summed E-state index contributed by atoms with van der Waals surface area (Å²) in [5, 5.41) is -0.365. The molecule has 2 N–H and O–H groups in total. The molecule has 0 saturated heterocycles. The summed E-state index contributed by atoms with van der Waals surface area (Å²) < 4.78 is 75.3. The Morgan fingerprint density at radius 3 is 1.88 bits per heavy atom. The van der Waals surface area contributed by atoms with Crippen molar-refractivity contribution in [3.05, 3.63) is 28.8 Å². The van der Waals surface area contributed by atoms with Gasteiger partial charge in [-0.1, -0.05) is 15.9 Å². The monoisotopic (exact) mass is 321 g/mol. The Labute approximate surface area is 101 Å². The second-order valence-electron chi connectivity index (χ2n) is 3.23. The number of nitrogen functional groups attached to an aromatic ring is 1.